The van der Waals surface area contributed by atoms with E-state index in [1.54, 1.807) is 0 Å². The third-order valence-electron chi connectivity index (χ3n) is 2.56. The Morgan fingerprint density at radius 3 is 2.81 bits per heavy atom. The molecule has 0 amide bonds. The van der Waals surface area contributed by atoms with E-state index in [0.29, 0.717) is 5.92 Å². The third-order valence-corrected chi connectivity index (χ3v) is 3.51. The van der Waals surface area contributed by atoms with Crippen molar-refractivity contribution in [1.29, 1.82) is 0 Å². The Morgan fingerprint density at radius 2 is 2.12 bits per heavy atom. The minimum atomic E-state index is 0.580. The van der Waals surface area contributed by atoms with Crippen LogP contribution in [0.25, 0.3) is 0 Å². The zero-order valence-electron chi connectivity index (χ0n) is 9.98. The van der Waals surface area contributed by atoms with Crippen molar-refractivity contribution in [1.82, 2.24) is 15.0 Å². The fourth-order valence-electron chi connectivity index (χ4n) is 1.75. The summed E-state index contributed by atoms with van der Waals surface area (Å²) in [5.41, 5.74) is 0. The number of hydrogen-bond donors (Lipinski definition) is 0. The molecule has 2 heterocycles. The lowest BCUT2D eigenvalue weighted by Gasteiger charge is -2.24. The van der Waals surface area contributed by atoms with Gasteiger partial charge in [-0.3, -0.25) is 4.90 Å². The lowest BCUT2D eigenvalue weighted by atomic mass is 10.1. The van der Waals surface area contributed by atoms with Crippen molar-refractivity contribution in [3.05, 3.63) is 11.7 Å². The Bertz CT molecular complexity index is 321. The minimum Gasteiger partial charge on any atom is -0.338 e. The lowest BCUT2D eigenvalue weighted by molar-refractivity contribution is 0.245. The van der Waals surface area contributed by atoms with Crippen molar-refractivity contribution in [2.45, 2.75) is 26.8 Å². The van der Waals surface area contributed by atoms with E-state index >= 15 is 0 Å². The highest BCUT2D eigenvalue weighted by Crippen LogP contribution is 2.12. The summed E-state index contributed by atoms with van der Waals surface area (Å²) in [4.78, 5) is 6.80. The molecule has 0 spiro atoms. The van der Waals surface area contributed by atoms with Crippen LogP contribution in [-0.4, -0.2) is 39.6 Å². The van der Waals surface area contributed by atoms with Gasteiger partial charge in [-0.25, -0.2) is 0 Å². The summed E-state index contributed by atoms with van der Waals surface area (Å²) in [5.74, 6) is 4.62. The predicted octanol–water partition coefficient (Wildman–Crippen LogP) is 1.82. The molecule has 0 saturated carbocycles. The van der Waals surface area contributed by atoms with Crippen LogP contribution in [0.1, 0.15) is 25.6 Å². The van der Waals surface area contributed by atoms with Crippen LogP contribution in [0.15, 0.2) is 4.52 Å². The highest BCUT2D eigenvalue weighted by molar-refractivity contribution is 7.99. The molecule has 4 nitrogen and oxygen atoms in total. The largest absolute Gasteiger partial charge is 0.338 e. The van der Waals surface area contributed by atoms with Gasteiger partial charge in [-0.15, -0.1) is 0 Å². The van der Waals surface area contributed by atoms with Gasteiger partial charge in [0, 0.05) is 31.0 Å². The molecule has 0 N–H and O–H groups in total. The number of aromatic nitrogens is 2. The highest BCUT2D eigenvalue weighted by Gasteiger charge is 2.15. The maximum Gasteiger partial charge on any atom is 0.240 e. The second kappa shape index (κ2) is 5.68. The van der Waals surface area contributed by atoms with Gasteiger partial charge in [0.25, 0.3) is 0 Å². The number of rotatable bonds is 4. The van der Waals surface area contributed by atoms with E-state index in [-0.39, 0.29) is 0 Å². The second-order valence-electron chi connectivity index (χ2n) is 4.59. The number of nitrogens with zero attached hydrogens (tertiary/aromatic N) is 3. The van der Waals surface area contributed by atoms with Crippen molar-refractivity contribution in [3.63, 3.8) is 0 Å². The SMILES string of the molecule is CC(C)Cc1noc(CN2CCSCC2)n1. The van der Waals surface area contributed by atoms with Crippen LogP contribution in [0.5, 0.6) is 0 Å². The van der Waals surface area contributed by atoms with Gasteiger partial charge in [-0.05, 0) is 5.92 Å². The van der Waals surface area contributed by atoms with Crippen LogP contribution < -0.4 is 0 Å². The molecule has 1 fully saturated rings. The fraction of sp³-hybridized carbons (Fsp3) is 0.818. The molecule has 5 heteroatoms. The van der Waals surface area contributed by atoms with E-state index in [1.165, 1.54) is 11.5 Å². The highest BCUT2D eigenvalue weighted by atomic mass is 32.2. The summed E-state index contributed by atoms with van der Waals surface area (Å²) in [5, 5.41) is 4.00. The fourth-order valence-corrected chi connectivity index (χ4v) is 2.73. The first-order valence-electron chi connectivity index (χ1n) is 5.85. The molecular formula is C11H19N3OS. The zero-order valence-corrected chi connectivity index (χ0v) is 10.8. The van der Waals surface area contributed by atoms with Crippen molar-refractivity contribution in [2.24, 2.45) is 5.92 Å². The first-order valence-corrected chi connectivity index (χ1v) is 7.01. The van der Waals surface area contributed by atoms with Gasteiger partial charge >= 0.3 is 0 Å². The van der Waals surface area contributed by atoms with Gasteiger partial charge in [-0.1, -0.05) is 19.0 Å². The summed E-state index contributed by atoms with van der Waals surface area (Å²) in [6.45, 7) is 7.40. The summed E-state index contributed by atoms with van der Waals surface area (Å²) in [7, 11) is 0. The number of thioether (sulfide) groups is 1. The molecule has 2 rings (SSSR count). The quantitative estimate of drug-likeness (QED) is 0.804. The van der Waals surface area contributed by atoms with Crippen LogP contribution in [0.4, 0.5) is 0 Å². The second-order valence-corrected chi connectivity index (χ2v) is 5.82. The maximum absolute atomic E-state index is 5.26. The van der Waals surface area contributed by atoms with E-state index in [1.807, 2.05) is 11.8 Å². The lowest BCUT2D eigenvalue weighted by Crippen LogP contribution is -2.32. The third kappa shape index (κ3) is 3.49. The van der Waals surface area contributed by atoms with Crippen LogP contribution in [0.3, 0.4) is 0 Å². The molecule has 0 aromatic carbocycles. The van der Waals surface area contributed by atoms with Gasteiger partial charge in [-0.2, -0.15) is 16.7 Å². The van der Waals surface area contributed by atoms with E-state index in [0.717, 1.165) is 37.8 Å². The van der Waals surface area contributed by atoms with Crippen molar-refractivity contribution in [3.8, 4) is 0 Å². The van der Waals surface area contributed by atoms with E-state index < -0.39 is 0 Å². The molecule has 1 aromatic rings. The van der Waals surface area contributed by atoms with Crippen molar-refractivity contribution >= 4 is 11.8 Å². The molecule has 16 heavy (non-hydrogen) atoms. The molecule has 0 bridgehead atoms. The Morgan fingerprint density at radius 1 is 1.38 bits per heavy atom. The summed E-state index contributed by atoms with van der Waals surface area (Å²) in [6, 6.07) is 0. The van der Waals surface area contributed by atoms with Gasteiger partial charge in [0.1, 0.15) is 0 Å². The molecule has 1 aliphatic heterocycles. The first kappa shape index (κ1) is 11.9. The van der Waals surface area contributed by atoms with Gasteiger partial charge in [0.2, 0.25) is 5.89 Å². The van der Waals surface area contributed by atoms with Gasteiger partial charge in [0.05, 0.1) is 6.54 Å². The number of hydrogen-bond acceptors (Lipinski definition) is 5. The van der Waals surface area contributed by atoms with E-state index in [4.69, 9.17) is 4.52 Å². The van der Waals surface area contributed by atoms with E-state index in [2.05, 4.69) is 28.9 Å². The van der Waals surface area contributed by atoms with Crippen LogP contribution in [0, 0.1) is 5.92 Å². The molecule has 0 radical (unpaired) electrons. The molecule has 1 saturated heterocycles. The predicted molar refractivity (Wildman–Crippen MR) is 65.4 cm³/mol. The average Bonchev–Trinajstić information content (AvgIpc) is 2.66. The Kier molecular flexibility index (Phi) is 4.23. The van der Waals surface area contributed by atoms with Gasteiger partial charge in [0.15, 0.2) is 5.82 Å². The smallest absolute Gasteiger partial charge is 0.240 e. The Hall–Kier alpha value is -0.550. The molecule has 0 atom stereocenters. The summed E-state index contributed by atoms with van der Waals surface area (Å²) < 4.78 is 5.26. The average molecular weight is 241 g/mol. The monoisotopic (exact) mass is 241 g/mol. The standard InChI is InChI=1S/C11H19N3OS/c1-9(2)7-10-12-11(15-13-10)8-14-3-5-16-6-4-14/h9H,3-8H2,1-2H3. The first-order chi connectivity index (χ1) is 7.74. The van der Waals surface area contributed by atoms with E-state index in [9.17, 15) is 0 Å². The maximum atomic E-state index is 5.26. The molecular weight excluding hydrogens is 222 g/mol. The summed E-state index contributed by atoms with van der Waals surface area (Å²) in [6.07, 6.45) is 0.902. The van der Waals surface area contributed by atoms with Crippen LogP contribution >= 0.6 is 11.8 Å². The molecule has 0 aliphatic carbocycles. The Balaban J connectivity index is 1.86. The minimum absolute atomic E-state index is 0.580. The topological polar surface area (TPSA) is 42.2 Å². The van der Waals surface area contributed by atoms with Crippen molar-refractivity contribution < 1.29 is 4.52 Å². The Labute approximate surface area is 101 Å². The summed E-state index contributed by atoms with van der Waals surface area (Å²) >= 11 is 2.01. The van der Waals surface area contributed by atoms with Crippen LogP contribution in [-0.2, 0) is 13.0 Å². The molecule has 1 aromatic heterocycles. The zero-order chi connectivity index (χ0) is 11.4. The molecule has 0 unspecified atom stereocenters. The normalized spacial score (nSPS) is 18.2. The van der Waals surface area contributed by atoms with Crippen LogP contribution in [0.2, 0.25) is 0 Å². The van der Waals surface area contributed by atoms with Crippen molar-refractivity contribution in [2.75, 3.05) is 24.6 Å². The van der Waals surface area contributed by atoms with Gasteiger partial charge < -0.3 is 4.52 Å². The molecule has 90 valence electrons. The molecule has 1 aliphatic rings.